The number of hydrogen-bond acceptors (Lipinski definition) is 2. The Balaban J connectivity index is 1.85. The largest absolute Gasteiger partial charge is 0.417 e. The number of benzene rings is 1. The molecular formula is C15H15F3N2O. The van der Waals surface area contributed by atoms with E-state index >= 15 is 0 Å². The van der Waals surface area contributed by atoms with Crippen LogP contribution in [0.2, 0.25) is 0 Å². The molecule has 0 aromatic heterocycles. The van der Waals surface area contributed by atoms with Crippen molar-refractivity contribution in [3.63, 3.8) is 0 Å². The maximum atomic E-state index is 13.2. The van der Waals surface area contributed by atoms with Gasteiger partial charge in [0.05, 0.1) is 17.2 Å². The summed E-state index contributed by atoms with van der Waals surface area (Å²) in [6.07, 6.45) is -2.31. The summed E-state index contributed by atoms with van der Waals surface area (Å²) in [5.41, 5.74) is -0.391. The van der Waals surface area contributed by atoms with Crippen molar-refractivity contribution in [1.29, 1.82) is 0 Å². The normalized spacial score (nSPS) is 28.5. The molecule has 4 rings (SSSR count). The molecule has 0 spiro atoms. The monoisotopic (exact) mass is 296 g/mol. The third-order valence-corrected chi connectivity index (χ3v) is 4.73. The molecule has 2 fully saturated rings. The Morgan fingerprint density at radius 3 is 2.67 bits per heavy atom. The lowest BCUT2D eigenvalue weighted by molar-refractivity contribution is -0.137. The Bertz CT molecular complexity index is 609. The van der Waals surface area contributed by atoms with Crippen molar-refractivity contribution in [2.75, 3.05) is 13.1 Å². The Kier molecular flexibility index (Phi) is 2.64. The van der Waals surface area contributed by atoms with Gasteiger partial charge < -0.3 is 10.2 Å². The van der Waals surface area contributed by atoms with Gasteiger partial charge >= 0.3 is 6.18 Å². The number of hydrogen-bond donors (Lipinski definition) is 1. The lowest BCUT2D eigenvalue weighted by atomic mass is 9.92. The molecule has 1 aromatic rings. The molecule has 1 aliphatic carbocycles. The Morgan fingerprint density at radius 1 is 1.24 bits per heavy atom. The molecule has 0 bridgehead atoms. The van der Waals surface area contributed by atoms with Gasteiger partial charge in [0.25, 0.3) is 5.91 Å². The number of alkyl halides is 3. The van der Waals surface area contributed by atoms with E-state index in [1.807, 2.05) is 0 Å². The summed E-state index contributed by atoms with van der Waals surface area (Å²) in [5.74, 6) is 0.0150. The van der Waals surface area contributed by atoms with E-state index in [0.29, 0.717) is 24.6 Å². The zero-order valence-corrected chi connectivity index (χ0v) is 11.3. The van der Waals surface area contributed by atoms with Gasteiger partial charge in [-0.1, -0.05) is 12.1 Å². The molecule has 1 N–H and O–H groups in total. The number of rotatable bonds is 1. The first kappa shape index (κ1) is 13.1. The van der Waals surface area contributed by atoms with Gasteiger partial charge in [-0.2, -0.15) is 13.2 Å². The van der Waals surface area contributed by atoms with Crippen molar-refractivity contribution in [3.05, 3.63) is 34.9 Å². The highest BCUT2D eigenvalue weighted by atomic mass is 19.4. The third kappa shape index (κ3) is 1.88. The van der Waals surface area contributed by atoms with E-state index in [9.17, 15) is 18.0 Å². The van der Waals surface area contributed by atoms with Gasteiger partial charge in [-0.3, -0.25) is 4.79 Å². The molecule has 21 heavy (non-hydrogen) atoms. The molecule has 1 saturated heterocycles. The number of nitrogens with zero attached hydrogens (tertiary/aromatic N) is 1. The molecule has 3 nitrogen and oxygen atoms in total. The van der Waals surface area contributed by atoms with E-state index in [1.165, 1.54) is 6.07 Å². The van der Waals surface area contributed by atoms with Crippen molar-refractivity contribution < 1.29 is 18.0 Å². The van der Waals surface area contributed by atoms with Crippen LogP contribution < -0.4 is 5.32 Å². The van der Waals surface area contributed by atoms with Gasteiger partial charge in [0.2, 0.25) is 0 Å². The summed E-state index contributed by atoms with van der Waals surface area (Å²) in [7, 11) is 0. The second kappa shape index (κ2) is 4.22. The highest BCUT2D eigenvalue weighted by Gasteiger charge is 2.51. The van der Waals surface area contributed by atoms with Crippen LogP contribution in [0.4, 0.5) is 13.2 Å². The van der Waals surface area contributed by atoms with Crippen LogP contribution in [0.3, 0.4) is 0 Å². The molecule has 2 heterocycles. The molecule has 2 aliphatic heterocycles. The van der Waals surface area contributed by atoms with Crippen LogP contribution >= 0.6 is 0 Å². The number of piperazine rings is 1. The highest BCUT2D eigenvalue weighted by molar-refractivity contribution is 6.01. The summed E-state index contributed by atoms with van der Waals surface area (Å²) >= 11 is 0. The average Bonchev–Trinajstić information content (AvgIpc) is 3.24. The number of carbonyl (C=O) groups excluding carboxylic acids is 1. The lowest BCUT2D eigenvalue weighted by Gasteiger charge is -2.38. The summed E-state index contributed by atoms with van der Waals surface area (Å²) in [6, 6.07) is 3.95. The van der Waals surface area contributed by atoms with Gasteiger partial charge in [0.15, 0.2) is 0 Å². The maximum Gasteiger partial charge on any atom is 0.417 e. The van der Waals surface area contributed by atoms with Gasteiger partial charge in [-0.05, 0) is 30.4 Å². The quantitative estimate of drug-likeness (QED) is 0.864. The zero-order valence-electron chi connectivity index (χ0n) is 11.3. The molecule has 0 radical (unpaired) electrons. The van der Waals surface area contributed by atoms with Gasteiger partial charge in [0, 0.05) is 19.1 Å². The average molecular weight is 296 g/mol. The van der Waals surface area contributed by atoms with Gasteiger partial charge in [-0.15, -0.1) is 0 Å². The molecule has 3 aliphatic rings. The van der Waals surface area contributed by atoms with Crippen LogP contribution in [0.1, 0.15) is 40.4 Å². The fourth-order valence-electron chi connectivity index (χ4n) is 3.70. The smallest absolute Gasteiger partial charge is 0.329 e. The van der Waals surface area contributed by atoms with Crippen LogP contribution in [0.5, 0.6) is 0 Å². The molecule has 6 heteroatoms. The first-order chi connectivity index (χ1) is 9.98. The van der Waals surface area contributed by atoms with Gasteiger partial charge in [-0.25, -0.2) is 0 Å². The molecule has 2 atom stereocenters. The zero-order chi connectivity index (χ0) is 14.8. The second-order valence-corrected chi connectivity index (χ2v) is 6.03. The van der Waals surface area contributed by atoms with E-state index in [2.05, 4.69) is 5.32 Å². The van der Waals surface area contributed by atoms with Crippen LogP contribution in [-0.2, 0) is 6.18 Å². The topological polar surface area (TPSA) is 32.3 Å². The summed E-state index contributed by atoms with van der Waals surface area (Å²) in [6.45, 7) is 1.12. The van der Waals surface area contributed by atoms with Crippen molar-refractivity contribution in [2.45, 2.75) is 31.1 Å². The van der Waals surface area contributed by atoms with Crippen LogP contribution in [0.25, 0.3) is 0 Å². The Hall–Kier alpha value is -1.56. The number of amides is 1. The predicted octanol–water partition coefficient (Wildman–Crippen LogP) is 2.58. The minimum Gasteiger partial charge on any atom is -0.329 e. The molecule has 1 aromatic carbocycles. The molecule has 112 valence electrons. The van der Waals surface area contributed by atoms with E-state index < -0.39 is 17.6 Å². The number of fused-ring (bicyclic) bond motifs is 3. The number of carbonyl (C=O) groups is 1. The highest BCUT2D eigenvalue weighted by Crippen LogP contribution is 2.48. The molecular weight excluding hydrogens is 281 g/mol. The van der Waals surface area contributed by atoms with Crippen molar-refractivity contribution in [2.24, 2.45) is 5.92 Å². The standard InChI is InChI=1S/C15H15F3N2O/c16-15(17,18)10-3-1-2-9-11(10)14(21)20-7-6-19-12(13(9)20)8-4-5-8/h1-3,8,12-13,19H,4-7H2/t12-,13?/m1/s1. The first-order valence-electron chi connectivity index (χ1n) is 7.23. The SMILES string of the molecule is O=C1c2c(cccc2C(F)(F)F)C2[C@@H](C3CC3)NCCN12. The fraction of sp³-hybridized carbons (Fsp3) is 0.533. The summed E-state index contributed by atoms with van der Waals surface area (Å²) in [4.78, 5) is 14.1. The number of nitrogens with one attached hydrogen (secondary N) is 1. The number of halogens is 3. The second-order valence-electron chi connectivity index (χ2n) is 6.03. The minimum absolute atomic E-state index is 0.0902. The van der Waals surface area contributed by atoms with Crippen LogP contribution in [0, 0.1) is 5.92 Å². The van der Waals surface area contributed by atoms with Crippen molar-refractivity contribution in [1.82, 2.24) is 10.2 Å². The van der Waals surface area contributed by atoms with E-state index in [0.717, 1.165) is 18.9 Å². The Labute approximate surface area is 120 Å². The van der Waals surface area contributed by atoms with Crippen LogP contribution in [-0.4, -0.2) is 29.9 Å². The lowest BCUT2D eigenvalue weighted by Crippen LogP contribution is -2.52. The van der Waals surface area contributed by atoms with E-state index in [1.54, 1.807) is 11.0 Å². The summed E-state index contributed by atoms with van der Waals surface area (Å²) < 4.78 is 39.5. The first-order valence-corrected chi connectivity index (χ1v) is 7.23. The fourth-order valence-corrected chi connectivity index (χ4v) is 3.70. The van der Waals surface area contributed by atoms with Crippen molar-refractivity contribution >= 4 is 5.91 Å². The van der Waals surface area contributed by atoms with E-state index in [4.69, 9.17) is 0 Å². The predicted molar refractivity (Wildman–Crippen MR) is 69.7 cm³/mol. The van der Waals surface area contributed by atoms with E-state index in [-0.39, 0.29) is 17.6 Å². The van der Waals surface area contributed by atoms with Crippen LogP contribution in [0.15, 0.2) is 18.2 Å². The summed E-state index contributed by atoms with van der Waals surface area (Å²) in [5, 5.41) is 3.40. The third-order valence-electron chi connectivity index (χ3n) is 4.73. The molecule has 1 amide bonds. The van der Waals surface area contributed by atoms with Crippen molar-refractivity contribution in [3.8, 4) is 0 Å². The maximum absolute atomic E-state index is 13.2. The molecule has 1 saturated carbocycles. The Morgan fingerprint density at radius 2 is 2.00 bits per heavy atom. The van der Waals surface area contributed by atoms with Gasteiger partial charge in [0.1, 0.15) is 0 Å². The molecule has 1 unspecified atom stereocenters. The minimum atomic E-state index is -4.49.